The minimum atomic E-state index is 0.363. The maximum atomic E-state index is 9.50. The Morgan fingerprint density at radius 1 is 1.13 bits per heavy atom. The molecule has 1 rings (SSSR count). The monoisotopic (exact) mass is 204 g/mol. The number of benzene rings is 1. The fourth-order valence-corrected chi connectivity index (χ4v) is 1.53. The van der Waals surface area contributed by atoms with Crippen molar-refractivity contribution in [2.75, 3.05) is 0 Å². The first kappa shape index (κ1) is 11.8. The number of hydrogen-bond acceptors (Lipinski definition) is 1. The highest BCUT2D eigenvalue weighted by atomic mass is 16.3. The molecular formula is C14H20O. The van der Waals surface area contributed by atoms with E-state index in [4.69, 9.17) is 0 Å². The normalized spacial score (nSPS) is 11.0. The SMILES string of the molecule is CCCCCC/C=C/c1ccccc1O. The summed E-state index contributed by atoms with van der Waals surface area (Å²) in [6, 6.07) is 7.43. The Hall–Kier alpha value is -1.24. The molecule has 0 radical (unpaired) electrons. The molecule has 0 aromatic heterocycles. The lowest BCUT2D eigenvalue weighted by atomic mass is 10.1. The minimum absolute atomic E-state index is 0.363. The van der Waals surface area contributed by atoms with Gasteiger partial charge in [-0.05, 0) is 18.9 Å². The Balaban J connectivity index is 2.29. The van der Waals surface area contributed by atoms with Gasteiger partial charge < -0.3 is 5.11 Å². The van der Waals surface area contributed by atoms with E-state index < -0.39 is 0 Å². The molecule has 0 aliphatic rings. The lowest BCUT2D eigenvalue weighted by Gasteiger charge is -1.97. The quantitative estimate of drug-likeness (QED) is 0.682. The lowest BCUT2D eigenvalue weighted by Crippen LogP contribution is -1.75. The molecule has 1 aromatic rings. The fraction of sp³-hybridized carbons (Fsp3) is 0.429. The van der Waals surface area contributed by atoms with E-state index >= 15 is 0 Å². The number of unbranched alkanes of at least 4 members (excludes halogenated alkanes) is 4. The van der Waals surface area contributed by atoms with Crippen molar-refractivity contribution < 1.29 is 5.11 Å². The van der Waals surface area contributed by atoms with Gasteiger partial charge in [0.1, 0.15) is 5.75 Å². The van der Waals surface area contributed by atoms with E-state index in [9.17, 15) is 5.11 Å². The number of rotatable bonds is 6. The van der Waals surface area contributed by atoms with Gasteiger partial charge in [-0.15, -0.1) is 0 Å². The van der Waals surface area contributed by atoms with Crippen LogP contribution in [0.2, 0.25) is 0 Å². The number of para-hydroxylation sites is 1. The van der Waals surface area contributed by atoms with Gasteiger partial charge in [0.05, 0.1) is 0 Å². The molecule has 15 heavy (non-hydrogen) atoms. The molecule has 0 amide bonds. The maximum absolute atomic E-state index is 9.50. The summed E-state index contributed by atoms with van der Waals surface area (Å²) in [5.74, 6) is 0.363. The molecule has 1 heteroatoms. The fourth-order valence-electron chi connectivity index (χ4n) is 1.53. The van der Waals surface area contributed by atoms with Crippen LogP contribution in [0.3, 0.4) is 0 Å². The maximum Gasteiger partial charge on any atom is 0.122 e. The molecule has 0 atom stereocenters. The van der Waals surface area contributed by atoms with Crippen molar-refractivity contribution in [3.05, 3.63) is 35.9 Å². The van der Waals surface area contributed by atoms with E-state index in [-0.39, 0.29) is 0 Å². The highest BCUT2D eigenvalue weighted by molar-refractivity contribution is 5.56. The van der Waals surface area contributed by atoms with Crippen LogP contribution in [-0.4, -0.2) is 5.11 Å². The van der Waals surface area contributed by atoms with Crippen molar-refractivity contribution in [2.45, 2.75) is 39.0 Å². The molecule has 1 aromatic carbocycles. The van der Waals surface area contributed by atoms with Crippen molar-refractivity contribution in [1.82, 2.24) is 0 Å². The van der Waals surface area contributed by atoms with Gasteiger partial charge in [0, 0.05) is 5.56 Å². The van der Waals surface area contributed by atoms with Crippen LogP contribution in [0.25, 0.3) is 6.08 Å². The number of phenolic OH excluding ortho intramolecular Hbond substituents is 1. The number of phenols is 1. The summed E-state index contributed by atoms with van der Waals surface area (Å²) in [5.41, 5.74) is 0.910. The van der Waals surface area contributed by atoms with E-state index in [2.05, 4.69) is 13.0 Å². The van der Waals surface area contributed by atoms with Crippen LogP contribution >= 0.6 is 0 Å². The first-order valence-electron chi connectivity index (χ1n) is 5.79. The molecule has 0 aliphatic heterocycles. The zero-order chi connectivity index (χ0) is 10.9. The highest BCUT2D eigenvalue weighted by Crippen LogP contribution is 2.17. The second-order valence-corrected chi connectivity index (χ2v) is 3.81. The van der Waals surface area contributed by atoms with Crippen molar-refractivity contribution in [3.8, 4) is 5.75 Å². The van der Waals surface area contributed by atoms with E-state index in [1.54, 1.807) is 6.07 Å². The van der Waals surface area contributed by atoms with E-state index in [0.29, 0.717) is 5.75 Å². The standard InChI is InChI=1S/C14H20O/c1-2-3-4-5-6-7-10-13-11-8-9-12-14(13)15/h7-12,15H,2-6H2,1H3/b10-7+. The Morgan fingerprint density at radius 2 is 1.93 bits per heavy atom. The van der Waals surface area contributed by atoms with Gasteiger partial charge in [-0.25, -0.2) is 0 Å². The van der Waals surface area contributed by atoms with E-state index in [1.165, 1.54) is 25.7 Å². The summed E-state index contributed by atoms with van der Waals surface area (Å²) in [6.07, 6.45) is 10.4. The van der Waals surface area contributed by atoms with Crippen LogP contribution in [-0.2, 0) is 0 Å². The third kappa shape index (κ3) is 4.68. The molecule has 1 N–H and O–H groups in total. The van der Waals surface area contributed by atoms with Crippen molar-refractivity contribution in [2.24, 2.45) is 0 Å². The zero-order valence-electron chi connectivity index (χ0n) is 9.45. The van der Waals surface area contributed by atoms with E-state index in [0.717, 1.165) is 12.0 Å². The second kappa shape index (κ2) is 7.10. The first-order valence-corrected chi connectivity index (χ1v) is 5.79. The minimum Gasteiger partial charge on any atom is -0.507 e. The molecule has 0 unspecified atom stereocenters. The van der Waals surface area contributed by atoms with E-state index in [1.807, 2.05) is 24.3 Å². The Labute approximate surface area is 92.5 Å². The summed E-state index contributed by atoms with van der Waals surface area (Å²) >= 11 is 0. The van der Waals surface area contributed by atoms with Crippen LogP contribution in [0.1, 0.15) is 44.6 Å². The number of hydrogen-bond donors (Lipinski definition) is 1. The smallest absolute Gasteiger partial charge is 0.122 e. The molecular weight excluding hydrogens is 184 g/mol. The Bertz CT molecular complexity index is 302. The third-order valence-electron chi connectivity index (χ3n) is 2.46. The summed E-state index contributed by atoms with van der Waals surface area (Å²) in [5, 5.41) is 9.50. The summed E-state index contributed by atoms with van der Waals surface area (Å²) in [4.78, 5) is 0. The third-order valence-corrected chi connectivity index (χ3v) is 2.46. The average Bonchev–Trinajstić information content (AvgIpc) is 2.25. The average molecular weight is 204 g/mol. The van der Waals surface area contributed by atoms with Crippen LogP contribution in [0, 0.1) is 0 Å². The van der Waals surface area contributed by atoms with Crippen LogP contribution in [0.15, 0.2) is 30.3 Å². The molecule has 0 heterocycles. The molecule has 0 spiro atoms. The Morgan fingerprint density at radius 3 is 2.67 bits per heavy atom. The van der Waals surface area contributed by atoms with Gasteiger partial charge in [-0.3, -0.25) is 0 Å². The predicted molar refractivity (Wildman–Crippen MR) is 65.9 cm³/mol. The van der Waals surface area contributed by atoms with Gasteiger partial charge in [0.25, 0.3) is 0 Å². The van der Waals surface area contributed by atoms with Gasteiger partial charge >= 0.3 is 0 Å². The largest absolute Gasteiger partial charge is 0.507 e. The van der Waals surface area contributed by atoms with Gasteiger partial charge in [0.15, 0.2) is 0 Å². The van der Waals surface area contributed by atoms with Crippen molar-refractivity contribution in [3.63, 3.8) is 0 Å². The number of allylic oxidation sites excluding steroid dienone is 1. The molecule has 0 saturated carbocycles. The predicted octanol–water partition coefficient (Wildman–Crippen LogP) is 4.38. The summed E-state index contributed by atoms with van der Waals surface area (Å²) in [6.45, 7) is 2.22. The molecule has 0 saturated heterocycles. The first-order chi connectivity index (χ1) is 7.34. The molecule has 0 aliphatic carbocycles. The molecule has 0 fully saturated rings. The second-order valence-electron chi connectivity index (χ2n) is 3.81. The van der Waals surface area contributed by atoms with Gasteiger partial charge in [-0.1, -0.05) is 56.5 Å². The highest BCUT2D eigenvalue weighted by Gasteiger charge is 1.92. The zero-order valence-corrected chi connectivity index (χ0v) is 9.45. The molecule has 82 valence electrons. The van der Waals surface area contributed by atoms with Crippen LogP contribution in [0.5, 0.6) is 5.75 Å². The van der Waals surface area contributed by atoms with Crippen molar-refractivity contribution in [1.29, 1.82) is 0 Å². The van der Waals surface area contributed by atoms with Crippen molar-refractivity contribution >= 4 is 6.08 Å². The van der Waals surface area contributed by atoms with Crippen LogP contribution < -0.4 is 0 Å². The van der Waals surface area contributed by atoms with Crippen LogP contribution in [0.4, 0.5) is 0 Å². The Kier molecular flexibility index (Phi) is 5.60. The number of aromatic hydroxyl groups is 1. The molecule has 0 bridgehead atoms. The lowest BCUT2D eigenvalue weighted by molar-refractivity contribution is 0.474. The topological polar surface area (TPSA) is 20.2 Å². The summed E-state index contributed by atoms with van der Waals surface area (Å²) < 4.78 is 0. The molecule has 1 nitrogen and oxygen atoms in total. The summed E-state index contributed by atoms with van der Waals surface area (Å²) in [7, 11) is 0. The van der Waals surface area contributed by atoms with Gasteiger partial charge in [0.2, 0.25) is 0 Å². The van der Waals surface area contributed by atoms with Gasteiger partial charge in [-0.2, -0.15) is 0 Å².